The molecule has 70 valence electrons. The Balaban J connectivity index is 1.52. The van der Waals surface area contributed by atoms with Gasteiger partial charge in [-0.3, -0.25) is 0 Å². The van der Waals surface area contributed by atoms with Gasteiger partial charge in [0.05, 0.1) is 12.7 Å². The normalized spacial score (nSPS) is 35.0. The SMILES string of the molecule is C1CSC(CSCC2CO2)CS1. The zero-order valence-corrected chi connectivity index (χ0v) is 9.48. The number of epoxide rings is 1. The number of rotatable bonds is 4. The van der Waals surface area contributed by atoms with Crippen molar-refractivity contribution < 1.29 is 4.74 Å². The third-order valence-corrected chi connectivity index (χ3v) is 6.20. The first kappa shape index (κ1) is 9.56. The highest BCUT2D eigenvalue weighted by molar-refractivity contribution is 8.07. The van der Waals surface area contributed by atoms with Crippen molar-refractivity contribution in [2.75, 3.05) is 35.4 Å². The maximum Gasteiger partial charge on any atom is 0.0900 e. The van der Waals surface area contributed by atoms with E-state index in [1.807, 2.05) is 0 Å². The molecule has 0 aromatic carbocycles. The molecule has 0 spiro atoms. The smallest absolute Gasteiger partial charge is 0.0900 e. The molecule has 2 aliphatic rings. The molecule has 0 N–H and O–H groups in total. The molecule has 2 heterocycles. The van der Waals surface area contributed by atoms with Crippen LogP contribution in [0.15, 0.2) is 0 Å². The Bertz CT molecular complexity index is 132. The second-order valence-corrected chi connectivity index (χ2v) is 6.69. The van der Waals surface area contributed by atoms with Gasteiger partial charge in [-0.05, 0) is 0 Å². The average Bonchev–Trinajstić information content (AvgIpc) is 2.90. The standard InChI is InChI=1S/C8H14OS3/c1-2-12-8(5-10-1)6-11-4-7-3-9-7/h7-8H,1-6H2. The molecule has 0 bridgehead atoms. The summed E-state index contributed by atoms with van der Waals surface area (Å²) in [6.07, 6.45) is 0.608. The van der Waals surface area contributed by atoms with Gasteiger partial charge in [-0.2, -0.15) is 35.3 Å². The minimum Gasteiger partial charge on any atom is -0.372 e. The van der Waals surface area contributed by atoms with Crippen LogP contribution in [0.2, 0.25) is 0 Å². The second kappa shape index (κ2) is 5.03. The monoisotopic (exact) mass is 222 g/mol. The van der Waals surface area contributed by atoms with Crippen molar-refractivity contribution >= 4 is 35.3 Å². The lowest BCUT2D eigenvalue weighted by Crippen LogP contribution is -2.16. The van der Waals surface area contributed by atoms with Crippen LogP contribution in [0.1, 0.15) is 0 Å². The summed E-state index contributed by atoms with van der Waals surface area (Å²) < 4.78 is 5.17. The minimum atomic E-state index is 0.608. The van der Waals surface area contributed by atoms with E-state index in [0.29, 0.717) is 6.10 Å². The maximum atomic E-state index is 5.17. The van der Waals surface area contributed by atoms with Gasteiger partial charge in [0.1, 0.15) is 0 Å². The molecule has 0 aliphatic carbocycles. The molecule has 0 saturated carbocycles. The molecule has 0 amide bonds. The van der Waals surface area contributed by atoms with E-state index in [4.69, 9.17) is 4.74 Å². The lowest BCUT2D eigenvalue weighted by atomic mass is 10.5. The second-order valence-electron chi connectivity index (χ2n) is 3.06. The summed E-state index contributed by atoms with van der Waals surface area (Å²) in [5.74, 6) is 6.63. The fraction of sp³-hybridized carbons (Fsp3) is 1.00. The van der Waals surface area contributed by atoms with Crippen molar-refractivity contribution in [3.05, 3.63) is 0 Å². The Morgan fingerprint density at radius 1 is 1.33 bits per heavy atom. The summed E-state index contributed by atoms with van der Waals surface area (Å²) in [7, 11) is 0. The first-order chi connectivity index (χ1) is 5.95. The topological polar surface area (TPSA) is 12.5 Å². The zero-order valence-electron chi connectivity index (χ0n) is 7.03. The first-order valence-corrected chi connectivity index (χ1v) is 7.69. The van der Waals surface area contributed by atoms with Crippen LogP contribution in [0.3, 0.4) is 0 Å². The molecule has 2 saturated heterocycles. The number of hydrogen-bond acceptors (Lipinski definition) is 4. The van der Waals surface area contributed by atoms with Crippen molar-refractivity contribution in [1.29, 1.82) is 0 Å². The van der Waals surface area contributed by atoms with E-state index in [0.717, 1.165) is 11.9 Å². The summed E-state index contributed by atoms with van der Waals surface area (Å²) >= 11 is 6.34. The fourth-order valence-electron chi connectivity index (χ4n) is 1.13. The number of thioether (sulfide) groups is 3. The summed E-state index contributed by atoms with van der Waals surface area (Å²) in [5.41, 5.74) is 0. The average molecular weight is 222 g/mol. The molecule has 2 fully saturated rings. The molecular weight excluding hydrogens is 208 g/mol. The highest BCUT2D eigenvalue weighted by Crippen LogP contribution is 2.27. The molecule has 2 unspecified atom stereocenters. The van der Waals surface area contributed by atoms with Gasteiger partial charge in [0.2, 0.25) is 0 Å². The van der Waals surface area contributed by atoms with Crippen LogP contribution >= 0.6 is 35.3 Å². The lowest BCUT2D eigenvalue weighted by Gasteiger charge is -2.20. The van der Waals surface area contributed by atoms with E-state index in [1.165, 1.54) is 28.8 Å². The largest absolute Gasteiger partial charge is 0.372 e. The zero-order chi connectivity index (χ0) is 8.23. The summed E-state index contributed by atoms with van der Waals surface area (Å²) in [4.78, 5) is 0. The predicted molar refractivity (Wildman–Crippen MR) is 60.6 cm³/mol. The Labute approximate surface area is 86.8 Å². The maximum absolute atomic E-state index is 5.17. The summed E-state index contributed by atoms with van der Waals surface area (Å²) in [6, 6.07) is 0. The lowest BCUT2D eigenvalue weighted by molar-refractivity contribution is 0.426. The molecule has 4 heteroatoms. The van der Waals surface area contributed by atoms with Crippen molar-refractivity contribution in [1.82, 2.24) is 0 Å². The molecule has 12 heavy (non-hydrogen) atoms. The van der Waals surface area contributed by atoms with Crippen molar-refractivity contribution in [3.8, 4) is 0 Å². The number of ether oxygens (including phenoxy) is 1. The minimum absolute atomic E-state index is 0.608. The molecule has 2 aliphatic heterocycles. The molecule has 1 nitrogen and oxygen atoms in total. The van der Waals surface area contributed by atoms with E-state index < -0.39 is 0 Å². The van der Waals surface area contributed by atoms with E-state index in [2.05, 4.69) is 35.3 Å². The number of hydrogen-bond donors (Lipinski definition) is 0. The highest BCUT2D eigenvalue weighted by atomic mass is 32.2. The van der Waals surface area contributed by atoms with E-state index >= 15 is 0 Å². The van der Waals surface area contributed by atoms with E-state index in [-0.39, 0.29) is 0 Å². The van der Waals surface area contributed by atoms with Gasteiger partial charge in [0, 0.05) is 34.0 Å². The van der Waals surface area contributed by atoms with Crippen LogP contribution in [-0.2, 0) is 4.74 Å². The predicted octanol–water partition coefficient (Wildman–Crippen LogP) is 1.97. The Kier molecular flexibility index (Phi) is 4.01. The van der Waals surface area contributed by atoms with Crippen molar-refractivity contribution in [2.24, 2.45) is 0 Å². The van der Waals surface area contributed by atoms with Gasteiger partial charge in [-0.15, -0.1) is 0 Å². The highest BCUT2D eigenvalue weighted by Gasteiger charge is 2.23. The van der Waals surface area contributed by atoms with Crippen LogP contribution in [0.4, 0.5) is 0 Å². The van der Waals surface area contributed by atoms with Gasteiger partial charge in [0.15, 0.2) is 0 Å². The van der Waals surface area contributed by atoms with Crippen LogP contribution in [0, 0.1) is 0 Å². The van der Waals surface area contributed by atoms with Crippen LogP contribution in [0.25, 0.3) is 0 Å². The molecule has 0 aromatic heterocycles. The fourth-order valence-corrected chi connectivity index (χ4v) is 5.33. The van der Waals surface area contributed by atoms with Gasteiger partial charge in [-0.1, -0.05) is 0 Å². The van der Waals surface area contributed by atoms with Gasteiger partial charge < -0.3 is 4.74 Å². The van der Waals surface area contributed by atoms with Gasteiger partial charge in [-0.25, -0.2) is 0 Å². The Morgan fingerprint density at radius 2 is 2.25 bits per heavy atom. The molecule has 0 aromatic rings. The first-order valence-electron chi connectivity index (χ1n) is 4.34. The van der Waals surface area contributed by atoms with Crippen molar-refractivity contribution in [2.45, 2.75) is 11.4 Å². The molecule has 0 radical (unpaired) electrons. The molecule has 2 atom stereocenters. The van der Waals surface area contributed by atoms with E-state index in [9.17, 15) is 0 Å². The summed E-state index contributed by atoms with van der Waals surface area (Å²) in [6.45, 7) is 1.01. The van der Waals surface area contributed by atoms with E-state index in [1.54, 1.807) is 0 Å². The van der Waals surface area contributed by atoms with Crippen LogP contribution in [-0.4, -0.2) is 46.7 Å². The summed E-state index contributed by atoms with van der Waals surface area (Å²) in [5, 5.41) is 0.910. The quantitative estimate of drug-likeness (QED) is 0.674. The third-order valence-electron chi connectivity index (χ3n) is 1.89. The Hall–Kier alpha value is 1.01. The molecular formula is C8H14OS3. The van der Waals surface area contributed by atoms with Gasteiger partial charge >= 0.3 is 0 Å². The third kappa shape index (κ3) is 3.40. The van der Waals surface area contributed by atoms with Crippen LogP contribution < -0.4 is 0 Å². The molecule has 2 rings (SSSR count). The van der Waals surface area contributed by atoms with Crippen LogP contribution in [0.5, 0.6) is 0 Å². The van der Waals surface area contributed by atoms with Crippen molar-refractivity contribution in [3.63, 3.8) is 0 Å². The Morgan fingerprint density at radius 3 is 2.92 bits per heavy atom. The van der Waals surface area contributed by atoms with Gasteiger partial charge in [0.25, 0.3) is 0 Å².